The minimum absolute atomic E-state index is 0.196. The van der Waals surface area contributed by atoms with E-state index in [1.54, 1.807) is 60.7 Å². The summed E-state index contributed by atoms with van der Waals surface area (Å²) in [7, 11) is 0. The Hall–Kier alpha value is -5.68. The maximum absolute atomic E-state index is 13.1. The number of rotatable bonds is 40. The van der Waals surface area contributed by atoms with Crippen molar-refractivity contribution in [1.29, 1.82) is 0 Å². The number of ether oxygens (including phenoxy) is 4. The topological polar surface area (TPSA) is 121 Å². The fourth-order valence-corrected chi connectivity index (χ4v) is 9.03. The Kier molecular flexibility index (Phi) is 30.5. The van der Waals surface area contributed by atoms with E-state index in [9.17, 15) is 9.59 Å². The zero-order valence-electron chi connectivity index (χ0n) is 45.3. The van der Waals surface area contributed by atoms with Gasteiger partial charge in [0.2, 0.25) is 0 Å². The lowest BCUT2D eigenvalue weighted by molar-refractivity contribution is 0.0732. The van der Waals surface area contributed by atoms with Crippen LogP contribution in [0.1, 0.15) is 214 Å². The van der Waals surface area contributed by atoms with Gasteiger partial charge < -0.3 is 18.9 Å². The second-order valence-electron chi connectivity index (χ2n) is 19.7. The third-order valence-electron chi connectivity index (χ3n) is 13.3. The van der Waals surface area contributed by atoms with Crippen LogP contribution in [0.5, 0.6) is 23.0 Å². The second-order valence-corrected chi connectivity index (χ2v) is 20.6. The van der Waals surface area contributed by atoms with Crippen molar-refractivity contribution in [2.75, 3.05) is 13.2 Å². The van der Waals surface area contributed by atoms with Crippen molar-refractivity contribution in [2.45, 2.75) is 194 Å². The van der Waals surface area contributed by atoms with E-state index >= 15 is 0 Å². The van der Waals surface area contributed by atoms with Gasteiger partial charge >= 0.3 is 11.9 Å². The molecule has 0 amide bonds. The predicted octanol–water partition coefficient (Wildman–Crippen LogP) is 21.4. The van der Waals surface area contributed by atoms with Crippen LogP contribution in [0.2, 0.25) is 0 Å². The van der Waals surface area contributed by atoms with Crippen LogP contribution in [-0.4, -0.2) is 25.2 Å². The average molecular weight is 1090 g/mol. The van der Waals surface area contributed by atoms with Crippen molar-refractivity contribution in [2.24, 2.45) is 20.5 Å². The average Bonchev–Trinajstić information content (AvgIpc) is 3.43. The maximum atomic E-state index is 13.1. The number of carbonyl (C=O) groups excluding carboxylic acids is 2. The molecule has 5 aromatic rings. The van der Waals surface area contributed by atoms with Crippen LogP contribution < -0.4 is 18.9 Å². The molecule has 0 saturated carbocycles. The quantitative estimate of drug-likeness (QED) is 0.0167. The summed E-state index contributed by atoms with van der Waals surface area (Å²) in [6.07, 6.45) is 37.4. The summed E-state index contributed by atoms with van der Waals surface area (Å²) in [5, 5.41) is 17.4. The Bertz CT molecular complexity index is 2370. The van der Waals surface area contributed by atoms with E-state index in [4.69, 9.17) is 18.9 Å². The van der Waals surface area contributed by atoms with Gasteiger partial charge in [0.1, 0.15) is 23.0 Å². The number of hydrogen-bond donors (Lipinski definition) is 0. The van der Waals surface area contributed by atoms with Crippen LogP contribution in [0.4, 0.5) is 22.7 Å². The van der Waals surface area contributed by atoms with Gasteiger partial charge in [0, 0.05) is 6.07 Å². The van der Waals surface area contributed by atoms with Crippen LogP contribution >= 0.6 is 15.9 Å². The van der Waals surface area contributed by atoms with Gasteiger partial charge in [-0.25, -0.2) is 9.59 Å². The highest BCUT2D eigenvalue weighted by Gasteiger charge is 2.15. The number of halogens is 1. The normalized spacial score (nSPS) is 11.4. The Morgan fingerprint density at radius 1 is 0.347 bits per heavy atom. The van der Waals surface area contributed by atoms with E-state index in [2.05, 4.69) is 50.2 Å². The first-order valence-corrected chi connectivity index (χ1v) is 29.4. The highest BCUT2D eigenvalue weighted by molar-refractivity contribution is 9.10. The molecule has 5 rings (SSSR count). The number of hydrogen-bond acceptors (Lipinski definition) is 10. The zero-order valence-corrected chi connectivity index (χ0v) is 46.9. The predicted molar refractivity (Wildman–Crippen MR) is 310 cm³/mol. The Labute approximate surface area is 458 Å². The van der Waals surface area contributed by atoms with Crippen LogP contribution in [-0.2, 0) is 0 Å². The van der Waals surface area contributed by atoms with Crippen molar-refractivity contribution in [1.82, 2.24) is 0 Å². The molecule has 0 unspecified atom stereocenters. The summed E-state index contributed by atoms with van der Waals surface area (Å²) in [4.78, 5) is 26.2. The lowest BCUT2D eigenvalue weighted by Gasteiger charge is -2.10. The molecule has 0 aliphatic heterocycles. The minimum atomic E-state index is -0.586. The van der Waals surface area contributed by atoms with E-state index in [1.807, 2.05) is 48.5 Å². The smallest absolute Gasteiger partial charge is 0.343 e. The molecule has 0 spiro atoms. The lowest BCUT2D eigenvalue weighted by Crippen LogP contribution is -2.10. The van der Waals surface area contributed by atoms with Crippen molar-refractivity contribution in [3.8, 4) is 23.0 Å². The van der Waals surface area contributed by atoms with E-state index < -0.39 is 11.9 Å². The Morgan fingerprint density at radius 3 is 0.960 bits per heavy atom. The van der Waals surface area contributed by atoms with Gasteiger partial charge in [0.25, 0.3) is 0 Å². The lowest BCUT2D eigenvalue weighted by atomic mass is 10.0. The summed E-state index contributed by atoms with van der Waals surface area (Å²) >= 11 is 3.44. The molecule has 0 aromatic heterocycles. The molecule has 75 heavy (non-hydrogen) atoms. The summed E-state index contributed by atoms with van der Waals surface area (Å²) in [6, 6.07) is 33.2. The maximum Gasteiger partial charge on any atom is 0.343 e. The summed E-state index contributed by atoms with van der Waals surface area (Å²) in [5.74, 6) is 0.883. The van der Waals surface area contributed by atoms with Gasteiger partial charge in [0.15, 0.2) is 0 Å². The molecule has 0 saturated heterocycles. The number of carbonyl (C=O) groups is 2. The molecule has 0 aliphatic carbocycles. The number of unbranched alkanes of at least 4 members (excludes halogenated alkanes) is 26. The van der Waals surface area contributed by atoms with Crippen LogP contribution in [0.25, 0.3) is 0 Å². The molecular weight excluding hydrogens is 1000 g/mol. The molecule has 0 heterocycles. The van der Waals surface area contributed by atoms with Crippen LogP contribution in [0.3, 0.4) is 0 Å². The molecule has 0 aliphatic rings. The first-order chi connectivity index (χ1) is 36.9. The fraction of sp³-hybridized carbons (Fsp3) is 0.500. The van der Waals surface area contributed by atoms with Crippen molar-refractivity contribution < 1.29 is 28.5 Å². The summed E-state index contributed by atoms with van der Waals surface area (Å²) in [5.41, 5.74) is 3.19. The van der Waals surface area contributed by atoms with Gasteiger partial charge in [-0.3, -0.25) is 0 Å². The molecule has 11 heteroatoms. The molecule has 0 radical (unpaired) electrons. The first-order valence-electron chi connectivity index (χ1n) is 28.6. The molecule has 0 fully saturated rings. The standard InChI is InChI=1S/C64H85BrN4O6/c1-3-5-7-9-11-13-15-17-19-21-23-25-27-29-49-72-58-43-39-56(40-44-58)68-66-54-35-31-52(32-36-54)63(70)74-60-47-48-61(65)62(51-60)75-64(71)53-33-37-55(38-34-53)67-69-57-41-45-59(46-42-57)73-50-30-28-26-24-22-20-18-16-14-12-10-8-6-4-2/h31-48,51H,3-30,49-50H2,1-2H3. The second kappa shape index (κ2) is 38.0. The fourth-order valence-electron chi connectivity index (χ4n) is 8.70. The van der Waals surface area contributed by atoms with Crippen LogP contribution in [0.15, 0.2) is 140 Å². The van der Waals surface area contributed by atoms with Gasteiger partial charge in [-0.2, -0.15) is 20.5 Å². The van der Waals surface area contributed by atoms with Crippen molar-refractivity contribution >= 4 is 50.6 Å². The molecular formula is C64H85BrN4O6. The third kappa shape index (κ3) is 26.1. The van der Waals surface area contributed by atoms with Crippen molar-refractivity contribution in [3.63, 3.8) is 0 Å². The molecule has 0 N–H and O–H groups in total. The number of benzene rings is 5. The number of nitrogens with zero attached hydrogens (tertiary/aromatic N) is 4. The molecule has 0 bridgehead atoms. The monoisotopic (exact) mass is 1080 g/mol. The minimum Gasteiger partial charge on any atom is -0.494 e. The first kappa shape index (κ1) is 60.2. The Balaban J connectivity index is 0.935. The highest BCUT2D eigenvalue weighted by atomic mass is 79.9. The van der Waals surface area contributed by atoms with E-state index in [-0.39, 0.29) is 11.5 Å². The molecule has 0 atom stereocenters. The Morgan fingerprint density at radius 2 is 0.627 bits per heavy atom. The van der Waals surface area contributed by atoms with Gasteiger partial charge in [-0.05, 0) is 138 Å². The van der Waals surface area contributed by atoms with E-state index in [1.165, 1.54) is 173 Å². The van der Waals surface area contributed by atoms with Gasteiger partial charge in [-0.1, -0.05) is 181 Å². The number of esters is 2. The van der Waals surface area contributed by atoms with Gasteiger partial charge in [0.05, 0.1) is 51.6 Å². The molecule has 10 nitrogen and oxygen atoms in total. The molecule has 5 aromatic carbocycles. The third-order valence-corrected chi connectivity index (χ3v) is 13.9. The summed E-state index contributed by atoms with van der Waals surface area (Å²) < 4.78 is 23.8. The largest absolute Gasteiger partial charge is 0.494 e. The SMILES string of the molecule is CCCCCCCCCCCCCCCCOc1ccc(N=Nc2ccc(C(=O)Oc3ccc(Br)c(OC(=O)c4ccc(N=Nc5ccc(OCCCCCCCCCCCCCCCC)cc5)cc4)c3)cc2)cc1. The number of azo groups is 2. The van der Waals surface area contributed by atoms with Gasteiger partial charge in [-0.15, -0.1) is 0 Å². The summed E-state index contributed by atoms with van der Waals surface area (Å²) in [6.45, 7) is 5.97. The zero-order chi connectivity index (χ0) is 52.8. The van der Waals surface area contributed by atoms with E-state index in [0.717, 1.165) is 24.3 Å². The van der Waals surface area contributed by atoms with Crippen LogP contribution in [0, 0.1) is 0 Å². The van der Waals surface area contributed by atoms with Crippen molar-refractivity contribution in [3.05, 3.63) is 131 Å². The molecule has 404 valence electrons. The van der Waals surface area contributed by atoms with E-state index in [0.29, 0.717) is 51.6 Å². The highest BCUT2D eigenvalue weighted by Crippen LogP contribution is 2.32.